The summed E-state index contributed by atoms with van der Waals surface area (Å²) < 4.78 is 26.4. The van der Waals surface area contributed by atoms with E-state index in [1.807, 2.05) is 37.3 Å². The van der Waals surface area contributed by atoms with E-state index in [0.717, 1.165) is 34.0 Å². The van der Waals surface area contributed by atoms with Gasteiger partial charge in [0, 0.05) is 57.7 Å². The summed E-state index contributed by atoms with van der Waals surface area (Å²) in [7, 11) is 1.81. The molecule has 2 heterocycles. The molecular weight excluding hydrogens is 440 g/mol. The number of halogens is 2. The largest absolute Gasteiger partial charge is 0.386 e. The Morgan fingerprint density at radius 1 is 1.18 bits per heavy atom. The minimum absolute atomic E-state index is 0.0525. The van der Waals surface area contributed by atoms with Gasteiger partial charge in [0.15, 0.2) is 0 Å². The van der Waals surface area contributed by atoms with E-state index in [-0.39, 0.29) is 18.9 Å². The number of piperazine rings is 1. The van der Waals surface area contributed by atoms with Crippen LogP contribution in [0, 0.1) is 12.8 Å². The van der Waals surface area contributed by atoms with E-state index in [0.29, 0.717) is 26.2 Å². The fourth-order valence-electron chi connectivity index (χ4n) is 4.29. The second-order valence-corrected chi connectivity index (χ2v) is 9.73. The van der Waals surface area contributed by atoms with Crippen LogP contribution in [0.2, 0.25) is 0 Å². The van der Waals surface area contributed by atoms with Crippen molar-refractivity contribution >= 4 is 23.1 Å². The SMILES string of the molecule is CNc1cc(-c2nc(N3CCN(C(=O)C(C)(C)O)CC3)ccc2C)ccc1NCC1CC1(F)F. The van der Waals surface area contributed by atoms with Crippen molar-refractivity contribution in [1.82, 2.24) is 9.88 Å². The first-order valence-corrected chi connectivity index (χ1v) is 11.7. The molecule has 1 aliphatic heterocycles. The van der Waals surface area contributed by atoms with Crippen molar-refractivity contribution in [3.63, 3.8) is 0 Å². The van der Waals surface area contributed by atoms with Gasteiger partial charge < -0.3 is 25.5 Å². The van der Waals surface area contributed by atoms with Crippen LogP contribution < -0.4 is 15.5 Å². The van der Waals surface area contributed by atoms with Gasteiger partial charge in [-0.3, -0.25) is 4.79 Å². The van der Waals surface area contributed by atoms with Crippen molar-refractivity contribution in [2.24, 2.45) is 5.92 Å². The van der Waals surface area contributed by atoms with Gasteiger partial charge in [0.25, 0.3) is 11.8 Å². The Balaban J connectivity index is 1.48. The molecule has 3 N–H and O–H groups in total. The van der Waals surface area contributed by atoms with Gasteiger partial charge >= 0.3 is 0 Å². The highest BCUT2D eigenvalue weighted by Gasteiger charge is 2.56. The van der Waals surface area contributed by atoms with Gasteiger partial charge in [0.1, 0.15) is 11.4 Å². The molecule has 1 aromatic carbocycles. The fraction of sp³-hybridized carbons (Fsp3) is 0.520. The van der Waals surface area contributed by atoms with E-state index in [1.165, 1.54) is 13.8 Å². The van der Waals surface area contributed by atoms with E-state index in [2.05, 4.69) is 15.5 Å². The third-order valence-electron chi connectivity index (χ3n) is 6.55. The van der Waals surface area contributed by atoms with Crippen LogP contribution in [0.25, 0.3) is 11.3 Å². The number of anilines is 3. The van der Waals surface area contributed by atoms with Gasteiger partial charge in [-0.05, 0) is 44.5 Å². The number of carbonyl (C=O) groups excluding carboxylic acids is 1. The van der Waals surface area contributed by atoms with Gasteiger partial charge in [-0.15, -0.1) is 0 Å². The minimum Gasteiger partial charge on any atom is -0.386 e. The maximum Gasteiger partial charge on any atom is 0.254 e. The molecule has 0 bridgehead atoms. The smallest absolute Gasteiger partial charge is 0.254 e. The Hall–Kier alpha value is -2.94. The average molecular weight is 474 g/mol. The number of benzene rings is 1. The maximum atomic E-state index is 13.2. The number of nitrogens with zero attached hydrogens (tertiary/aromatic N) is 3. The van der Waals surface area contributed by atoms with Crippen molar-refractivity contribution in [2.45, 2.75) is 38.7 Å². The molecule has 7 nitrogen and oxygen atoms in total. The van der Waals surface area contributed by atoms with Crippen LogP contribution in [0.1, 0.15) is 25.8 Å². The van der Waals surface area contributed by atoms with Crippen molar-refractivity contribution in [2.75, 3.05) is 55.3 Å². The molecular formula is C25H33F2N5O2. The van der Waals surface area contributed by atoms with E-state index >= 15 is 0 Å². The second-order valence-electron chi connectivity index (χ2n) is 9.73. The maximum absolute atomic E-state index is 13.2. The van der Waals surface area contributed by atoms with Crippen LogP contribution in [-0.2, 0) is 4.79 Å². The zero-order valence-electron chi connectivity index (χ0n) is 20.2. The van der Waals surface area contributed by atoms with Crippen LogP contribution >= 0.6 is 0 Å². The molecule has 2 fully saturated rings. The summed E-state index contributed by atoms with van der Waals surface area (Å²) in [6, 6.07) is 9.85. The number of rotatable bonds is 7. The summed E-state index contributed by atoms with van der Waals surface area (Å²) in [5.41, 5.74) is 3.05. The predicted molar refractivity (Wildman–Crippen MR) is 131 cm³/mol. The molecule has 34 heavy (non-hydrogen) atoms. The first-order chi connectivity index (χ1) is 16.0. The fourth-order valence-corrected chi connectivity index (χ4v) is 4.29. The Labute approximate surface area is 199 Å². The number of nitrogens with one attached hydrogen (secondary N) is 2. The number of hydrogen-bond acceptors (Lipinski definition) is 6. The molecule has 1 unspecified atom stereocenters. The lowest BCUT2D eigenvalue weighted by Gasteiger charge is -2.37. The molecule has 1 aliphatic carbocycles. The lowest BCUT2D eigenvalue weighted by molar-refractivity contribution is -0.148. The van der Waals surface area contributed by atoms with Crippen molar-refractivity contribution in [3.8, 4) is 11.3 Å². The lowest BCUT2D eigenvalue weighted by Crippen LogP contribution is -2.54. The normalized spacial score (nSPS) is 19.7. The molecule has 184 valence electrons. The van der Waals surface area contributed by atoms with Gasteiger partial charge in [-0.25, -0.2) is 13.8 Å². The van der Waals surface area contributed by atoms with E-state index in [4.69, 9.17) is 4.98 Å². The van der Waals surface area contributed by atoms with E-state index in [1.54, 1.807) is 11.9 Å². The molecule has 1 saturated carbocycles. The highest BCUT2D eigenvalue weighted by Crippen LogP contribution is 2.48. The topological polar surface area (TPSA) is 80.7 Å². The van der Waals surface area contributed by atoms with Gasteiger partial charge in [0.2, 0.25) is 0 Å². The first kappa shape index (κ1) is 24.2. The average Bonchev–Trinajstić information content (AvgIpc) is 3.43. The highest BCUT2D eigenvalue weighted by atomic mass is 19.3. The van der Waals surface area contributed by atoms with Gasteiger partial charge in [-0.1, -0.05) is 12.1 Å². The molecule has 9 heteroatoms. The molecule has 0 radical (unpaired) electrons. The highest BCUT2D eigenvalue weighted by molar-refractivity contribution is 5.84. The van der Waals surface area contributed by atoms with Crippen molar-refractivity contribution in [3.05, 3.63) is 35.9 Å². The first-order valence-electron chi connectivity index (χ1n) is 11.7. The number of aryl methyl sites for hydroxylation is 1. The Bertz CT molecular complexity index is 1060. The van der Waals surface area contributed by atoms with Gasteiger partial charge in [-0.2, -0.15) is 0 Å². The van der Waals surface area contributed by atoms with Crippen LogP contribution in [0.3, 0.4) is 0 Å². The number of aliphatic hydroxyl groups is 1. The van der Waals surface area contributed by atoms with E-state index < -0.39 is 17.4 Å². The monoisotopic (exact) mass is 473 g/mol. The number of amides is 1. The third kappa shape index (κ3) is 5.09. The van der Waals surface area contributed by atoms with Crippen molar-refractivity contribution < 1.29 is 18.7 Å². The molecule has 2 aliphatic rings. The number of carbonyl (C=O) groups is 1. The van der Waals surface area contributed by atoms with Gasteiger partial charge in [0.05, 0.1) is 17.1 Å². The number of pyridine rings is 1. The van der Waals surface area contributed by atoms with Crippen LogP contribution in [0.15, 0.2) is 30.3 Å². The quantitative estimate of drug-likeness (QED) is 0.570. The summed E-state index contributed by atoms with van der Waals surface area (Å²) in [6.45, 7) is 7.59. The summed E-state index contributed by atoms with van der Waals surface area (Å²) >= 11 is 0. The van der Waals surface area contributed by atoms with E-state index in [9.17, 15) is 18.7 Å². The summed E-state index contributed by atoms with van der Waals surface area (Å²) in [5, 5.41) is 16.3. The summed E-state index contributed by atoms with van der Waals surface area (Å²) in [4.78, 5) is 21.1. The molecule has 1 aromatic heterocycles. The van der Waals surface area contributed by atoms with Crippen molar-refractivity contribution in [1.29, 1.82) is 0 Å². The van der Waals surface area contributed by atoms with Crippen LogP contribution in [0.5, 0.6) is 0 Å². The Morgan fingerprint density at radius 2 is 1.85 bits per heavy atom. The van der Waals surface area contributed by atoms with Crippen LogP contribution in [0.4, 0.5) is 26.0 Å². The molecule has 2 aromatic rings. The molecule has 1 atom stereocenters. The van der Waals surface area contributed by atoms with Crippen LogP contribution in [-0.4, -0.2) is 72.2 Å². The third-order valence-corrected chi connectivity index (χ3v) is 6.55. The standard InChI is InChI=1S/C25H33F2N5O2/c1-16-5-8-21(31-9-11-32(12-10-31)23(33)24(2,3)34)30-22(16)17-6-7-19(20(13-17)28-4)29-15-18-14-25(18,26)27/h5-8,13,18,28-29,34H,9-12,14-15H2,1-4H3. The Kier molecular flexibility index (Phi) is 6.42. The Morgan fingerprint density at radius 3 is 2.44 bits per heavy atom. The molecule has 0 spiro atoms. The summed E-state index contributed by atoms with van der Waals surface area (Å²) in [5.74, 6) is -2.57. The molecule has 4 rings (SSSR count). The lowest BCUT2D eigenvalue weighted by atomic mass is 10.0. The molecule has 1 amide bonds. The molecule has 1 saturated heterocycles. The number of alkyl halides is 2. The summed E-state index contributed by atoms with van der Waals surface area (Å²) in [6.07, 6.45) is -0.0525. The second kappa shape index (κ2) is 9.02. The minimum atomic E-state index is -2.54. The number of aromatic nitrogens is 1. The number of hydrogen-bond donors (Lipinski definition) is 3. The zero-order chi connectivity index (χ0) is 24.7. The zero-order valence-corrected chi connectivity index (χ0v) is 20.2. The predicted octanol–water partition coefficient (Wildman–Crippen LogP) is 3.59.